The number of fused-ring (bicyclic) bond motifs is 1. The van der Waals surface area contributed by atoms with Crippen LogP contribution >= 0.6 is 0 Å². The average Bonchev–Trinajstić information content (AvgIpc) is 2.79. The lowest BCUT2D eigenvalue weighted by Crippen LogP contribution is -2.11. The zero-order valence-electron chi connectivity index (χ0n) is 11.3. The Morgan fingerprint density at radius 2 is 1.91 bits per heavy atom. The molecule has 0 atom stereocenters. The number of rotatable bonds is 3. The van der Waals surface area contributed by atoms with Gasteiger partial charge in [-0.25, -0.2) is 13.8 Å². The topological polar surface area (TPSA) is 61.2 Å². The van der Waals surface area contributed by atoms with Gasteiger partial charge in [-0.1, -0.05) is 0 Å². The van der Waals surface area contributed by atoms with E-state index in [1.807, 2.05) is 0 Å². The van der Waals surface area contributed by atoms with E-state index >= 15 is 0 Å². The van der Waals surface area contributed by atoms with Crippen LogP contribution in [0.2, 0.25) is 0 Å². The van der Waals surface area contributed by atoms with E-state index in [4.69, 9.17) is 4.18 Å². The first kappa shape index (κ1) is 14.5. The number of aryl methyl sites for hydroxylation is 1. The monoisotopic (exact) mass is 324 g/mol. The Balaban J connectivity index is 1.98. The minimum Gasteiger partial charge on any atom is -0.379 e. The molecule has 8 heteroatoms. The SMILES string of the molecule is Cn1cnc2cc(OS(=O)(=O)c3ccc(F)cc3F)ccc21. The molecule has 3 rings (SSSR count). The van der Waals surface area contributed by atoms with Gasteiger partial charge >= 0.3 is 10.1 Å². The first-order chi connectivity index (χ1) is 10.4. The van der Waals surface area contributed by atoms with Crippen LogP contribution in [0.4, 0.5) is 8.78 Å². The van der Waals surface area contributed by atoms with Crippen molar-refractivity contribution in [3.8, 4) is 5.75 Å². The van der Waals surface area contributed by atoms with Gasteiger partial charge in [0.05, 0.1) is 17.4 Å². The van der Waals surface area contributed by atoms with E-state index in [9.17, 15) is 17.2 Å². The van der Waals surface area contributed by atoms with Crippen LogP contribution in [0, 0.1) is 11.6 Å². The summed E-state index contributed by atoms with van der Waals surface area (Å²) in [6, 6.07) is 6.64. The summed E-state index contributed by atoms with van der Waals surface area (Å²) in [6.45, 7) is 0. The number of hydrogen-bond donors (Lipinski definition) is 0. The number of benzene rings is 2. The molecule has 3 aromatic rings. The maximum Gasteiger partial charge on any atom is 0.342 e. The number of hydrogen-bond acceptors (Lipinski definition) is 4. The van der Waals surface area contributed by atoms with Gasteiger partial charge in [0.2, 0.25) is 0 Å². The molecule has 0 aliphatic heterocycles. The zero-order valence-corrected chi connectivity index (χ0v) is 12.1. The van der Waals surface area contributed by atoms with Gasteiger partial charge in [0.15, 0.2) is 0 Å². The molecule has 0 unspecified atom stereocenters. The van der Waals surface area contributed by atoms with Gasteiger partial charge in [0.25, 0.3) is 0 Å². The molecule has 0 N–H and O–H groups in total. The fraction of sp³-hybridized carbons (Fsp3) is 0.0714. The maximum absolute atomic E-state index is 13.6. The molecule has 22 heavy (non-hydrogen) atoms. The van der Waals surface area contributed by atoms with Crippen molar-refractivity contribution >= 4 is 21.2 Å². The first-order valence-corrected chi connectivity index (χ1v) is 7.58. The molecular formula is C14H10F2N2O3S. The van der Waals surface area contributed by atoms with Crippen LogP contribution in [-0.2, 0) is 17.2 Å². The van der Waals surface area contributed by atoms with Crippen molar-refractivity contribution in [3.63, 3.8) is 0 Å². The molecular weight excluding hydrogens is 314 g/mol. The smallest absolute Gasteiger partial charge is 0.342 e. The van der Waals surface area contributed by atoms with E-state index in [0.717, 1.165) is 17.6 Å². The molecule has 0 aliphatic rings. The molecule has 1 heterocycles. The zero-order chi connectivity index (χ0) is 15.9. The Hall–Kier alpha value is -2.48. The minimum absolute atomic E-state index is 0.00470. The van der Waals surface area contributed by atoms with Gasteiger partial charge in [-0.15, -0.1) is 0 Å². The summed E-state index contributed by atoms with van der Waals surface area (Å²) in [6.07, 6.45) is 1.57. The number of nitrogens with zero attached hydrogens (tertiary/aromatic N) is 2. The van der Waals surface area contributed by atoms with Crippen molar-refractivity contribution in [1.82, 2.24) is 9.55 Å². The predicted octanol–water partition coefficient (Wildman–Crippen LogP) is 2.62. The summed E-state index contributed by atoms with van der Waals surface area (Å²) in [7, 11) is -2.61. The summed E-state index contributed by atoms with van der Waals surface area (Å²) in [5.74, 6) is -2.08. The van der Waals surface area contributed by atoms with E-state index in [1.165, 1.54) is 12.1 Å². The van der Waals surface area contributed by atoms with Crippen molar-refractivity contribution in [2.24, 2.45) is 7.05 Å². The Morgan fingerprint density at radius 1 is 1.14 bits per heavy atom. The quantitative estimate of drug-likeness (QED) is 0.695. The molecule has 0 radical (unpaired) electrons. The molecule has 0 bridgehead atoms. The van der Waals surface area contributed by atoms with Crippen LogP contribution in [0.25, 0.3) is 11.0 Å². The minimum atomic E-state index is -4.40. The molecule has 0 amide bonds. The Morgan fingerprint density at radius 3 is 2.64 bits per heavy atom. The van der Waals surface area contributed by atoms with Crippen molar-refractivity contribution in [1.29, 1.82) is 0 Å². The summed E-state index contributed by atoms with van der Waals surface area (Å²) in [4.78, 5) is 3.35. The second kappa shape index (κ2) is 5.06. The highest BCUT2D eigenvalue weighted by atomic mass is 32.2. The fourth-order valence-electron chi connectivity index (χ4n) is 2.02. The van der Waals surface area contributed by atoms with Gasteiger partial charge in [-0.2, -0.15) is 8.42 Å². The van der Waals surface area contributed by atoms with Crippen LogP contribution in [0.1, 0.15) is 0 Å². The molecule has 0 aliphatic carbocycles. The van der Waals surface area contributed by atoms with E-state index in [0.29, 0.717) is 11.6 Å². The fourth-order valence-corrected chi connectivity index (χ4v) is 3.00. The molecule has 114 valence electrons. The lowest BCUT2D eigenvalue weighted by Gasteiger charge is -2.08. The lowest BCUT2D eigenvalue weighted by molar-refractivity contribution is 0.475. The predicted molar refractivity (Wildman–Crippen MR) is 74.9 cm³/mol. The molecule has 5 nitrogen and oxygen atoms in total. The third kappa shape index (κ3) is 2.52. The number of imidazole rings is 1. The van der Waals surface area contributed by atoms with Gasteiger partial charge in [-0.05, 0) is 24.3 Å². The lowest BCUT2D eigenvalue weighted by atomic mass is 10.3. The molecule has 0 saturated heterocycles. The van der Waals surface area contributed by atoms with Crippen LogP contribution in [0.3, 0.4) is 0 Å². The second-order valence-electron chi connectivity index (χ2n) is 4.62. The van der Waals surface area contributed by atoms with E-state index in [-0.39, 0.29) is 5.75 Å². The summed E-state index contributed by atoms with van der Waals surface area (Å²) < 4.78 is 57.2. The van der Waals surface area contributed by atoms with Gasteiger partial charge in [0, 0.05) is 19.2 Å². The Bertz CT molecular complexity index is 967. The van der Waals surface area contributed by atoms with E-state index < -0.39 is 26.6 Å². The number of aromatic nitrogens is 2. The molecule has 0 saturated carbocycles. The Kier molecular flexibility index (Phi) is 3.32. The highest BCUT2D eigenvalue weighted by Crippen LogP contribution is 2.24. The highest BCUT2D eigenvalue weighted by molar-refractivity contribution is 7.87. The van der Waals surface area contributed by atoms with Crippen molar-refractivity contribution < 1.29 is 21.4 Å². The van der Waals surface area contributed by atoms with Crippen LogP contribution in [-0.4, -0.2) is 18.0 Å². The Labute approximate surface area is 124 Å². The number of halogens is 2. The van der Waals surface area contributed by atoms with Crippen molar-refractivity contribution in [2.45, 2.75) is 4.90 Å². The van der Waals surface area contributed by atoms with E-state index in [1.54, 1.807) is 24.0 Å². The maximum atomic E-state index is 13.6. The summed E-state index contributed by atoms with van der Waals surface area (Å²) in [5, 5.41) is 0. The van der Waals surface area contributed by atoms with Crippen molar-refractivity contribution in [2.75, 3.05) is 0 Å². The van der Waals surface area contributed by atoms with Gasteiger partial charge in [-0.3, -0.25) is 0 Å². The molecule has 1 aromatic heterocycles. The largest absolute Gasteiger partial charge is 0.379 e. The second-order valence-corrected chi connectivity index (χ2v) is 6.13. The summed E-state index contributed by atoms with van der Waals surface area (Å²) >= 11 is 0. The first-order valence-electron chi connectivity index (χ1n) is 6.17. The van der Waals surface area contributed by atoms with E-state index in [2.05, 4.69) is 4.98 Å². The van der Waals surface area contributed by atoms with Gasteiger partial charge in [0.1, 0.15) is 22.3 Å². The third-order valence-corrected chi connectivity index (χ3v) is 4.35. The van der Waals surface area contributed by atoms with Crippen molar-refractivity contribution in [3.05, 3.63) is 54.4 Å². The van der Waals surface area contributed by atoms with Gasteiger partial charge < -0.3 is 8.75 Å². The molecule has 0 fully saturated rings. The normalized spacial score (nSPS) is 11.8. The van der Waals surface area contributed by atoms with Crippen LogP contribution in [0.5, 0.6) is 5.75 Å². The standard InChI is InChI=1S/C14H10F2N2O3S/c1-18-8-17-12-7-10(3-4-13(12)18)21-22(19,20)14-5-2-9(15)6-11(14)16/h2-8H,1H3. The highest BCUT2D eigenvalue weighted by Gasteiger charge is 2.22. The average molecular weight is 324 g/mol. The van der Waals surface area contributed by atoms with Crippen LogP contribution < -0.4 is 4.18 Å². The molecule has 2 aromatic carbocycles. The van der Waals surface area contributed by atoms with Crippen LogP contribution in [0.15, 0.2) is 47.6 Å². The summed E-state index contributed by atoms with van der Waals surface area (Å²) in [5.41, 5.74) is 1.33. The third-order valence-electron chi connectivity index (χ3n) is 3.07. The molecule has 0 spiro atoms.